The first-order valence-corrected chi connectivity index (χ1v) is 8.31. The number of amides is 1. The minimum Gasteiger partial charge on any atom is -0.343 e. The molecule has 9 heteroatoms. The van der Waals surface area contributed by atoms with E-state index < -0.39 is 10.0 Å². The lowest BCUT2D eigenvalue weighted by Gasteiger charge is -2.44. The van der Waals surface area contributed by atoms with E-state index in [-0.39, 0.29) is 23.5 Å². The molecular formula is C12H19N5O3S. The number of hydrogen-bond donors (Lipinski definition) is 0. The van der Waals surface area contributed by atoms with Crippen LogP contribution in [0.3, 0.4) is 0 Å². The fourth-order valence-electron chi connectivity index (χ4n) is 2.81. The van der Waals surface area contributed by atoms with Crippen LogP contribution < -0.4 is 0 Å². The van der Waals surface area contributed by atoms with Gasteiger partial charge in [0.2, 0.25) is 5.91 Å². The summed E-state index contributed by atoms with van der Waals surface area (Å²) in [5, 5.41) is 0.0371. The van der Waals surface area contributed by atoms with E-state index in [4.69, 9.17) is 0 Å². The number of sulfonamides is 1. The van der Waals surface area contributed by atoms with Crippen molar-refractivity contribution in [3.8, 4) is 0 Å². The Morgan fingerprint density at radius 1 is 1.19 bits per heavy atom. The summed E-state index contributed by atoms with van der Waals surface area (Å²) >= 11 is 0. The Hall–Kier alpha value is -1.45. The van der Waals surface area contributed by atoms with Crippen LogP contribution in [0.5, 0.6) is 0 Å². The van der Waals surface area contributed by atoms with E-state index in [0.29, 0.717) is 19.6 Å². The number of likely N-dealkylation sites (N-methyl/N-ethyl adjacent to an activating group) is 1. The minimum atomic E-state index is -3.63. The third-order valence-corrected chi connectivity index (χ3v) is 5.87. The maximum atomic E-state index is 12.6. The van der Waals surface area contributed by atoms with Crippen LogP contribution in [-0.2, 0) is 21.9 Å². The lowest BCUT2D eigenvalue weighted by molar-refractivity contribution is -0.142. The molecule has 0 saturated carbocycles. The van der Waals surface area contributed by atoms with Crippen LogP contribution in [-0.4, -0.2) is 83.8 Å². The average Bonchev–Trinajstić information content (AvgIpc) is 2.90. The Morgan fingerprint density at radius 2 is 1.90 bits per heavy atom. The molecule has 1 amide bonds. The molecule has 2 saturated heterocycles. The van der Waals surface area contributed by atoms with Crippen LogP contribution in [0.25, 0.3) is 0 Å². The van der Waals surface area contributed by atoms with E-state index >= 15 is 0 Å². The molecule has 0 bridgehead atoms. The summed E-state index contributed by atoms with van der Waals surface area (Å²) in [6.45, 7) is 2.66. The van der Waals surface area contributed by atoms with Crippen LogP contribution in [0.1, 0.15) is 0 Å². The number of nitrogens with zero attached hydrogens (tertiary/aromatic N) is 5. The van der Waals surface area contributed by atoms with Crippen LogP contribution in [0.4, 0.5) is 0 Å². The van der Waals surface area contributed by atoms with E-state index in [2.05, 4.69) is 9.88 Å². The highest BCUT2D eigenvalue weighted by molar-refractivity contribution is 7.89. The lowest BCUT2D eigenvalue weighted by atomic mass is 10.1. The van der Waals surface area contributed by atoms with Gasteiger partial charge in [0.05, 0.1) is 6.33 Å². The van der Waals surface area contributed by atoms with Gasteiger partial charge in [-0.15, -0.1) is 0 Å². The summed E-state index contributed by atoms with van der Waals surface area (Å²) in [6, 6.07) is -0.379. The Bertz CT molecular complexity index is 656. The summed E-state index contributed by atoms with van der Waals surface area (Å²) in [5.41, 5.74) is 0. The topological polar surface area (TPSA) is 78.8 Å². The number of aryl methyl sites for hydroxylation is 1. The van der Waals surface area contributed by atoms with Gasteiger partial charge in [0.15, 0.2) is 5.03 Å². The predicted molar refractivity (Wildman–Crippen MR) is 75.0 cm³/mol. The number of fused-ring (bicyclic) bond motifs is 1. The van der Waals surface area contributed by atoms with E-state index in [9.17, 15) is 13.2 Å². The van der Waals surface area contributed by atoms with Crippen LogP contribution in [0, 0.1) is 0 Å². The molecule has 8 nitrogen and oxygen atoms in total. The van der Waals surface area contributed by atoms with Crippen molar-refractivity contribution in [3.05, 3.63) is 12.5 Å². The maximum absolute atomic E-state index is 12.6. The molecule has 2 aliphatic heterocycles. The normalized spacial score (nSPS) is 25.1. The van der Waals surface area contributed by atoms with Crippen molar-refractivity contribution in [2.24, 2.45) is 7.05 Å². The number of aromatic nitrogens is 2. The third kappa shape index (κ3) is 2.45. The highest BCUT2D eigenvalue weighted by Crippen LogP contribution is 2.21. The fourth-order valence-corrected chi connectivity index (χ4v) is 4.22. The second kappa shape index (κ2) is 5.08. The average molecular weight is 313 g/mol. The van der Waals surface area contributed by atoms with Gasteiger partial charge in [-0.3, -0.25) is 9.69 Å². The van der Waals surface area contributed by atoms with E-state index in [0.717, 1.165) is 6.54 Å². The summed E-state index contributed by atoms with van der Waals surface area (Å²) in [7, 11) is -0.147. The van der Waals surface area contributed by atoms with E-state index in [1.165, 1.54) is 16.8 Å². The van der Waals surface area contributed by atoms with Crippen LogP contribution >= 0.6 is 0 Å². The number of hydrogen-bond acceptors (Lipinski definition) is 5. The van der Waals surface area contributed by atoms with Crippen molar-refractivity contribution in [3.63, 3.8) is 0 Å². The van der Waals surface area contributed by atoms with Crippen molar-refractivity contribution in [2.75, 3.05) is 39.8 Å². The number of imidazole rings is 1. The van der Waals surface area contributed by atoms with Crippen molar-refractivity contribution in [1.29, 1.82) is 0 Å². The van der Waals surface area contributed by atoms with Crippen molar-refractivity contribution < 1.29 is 13.2 Å². The first-order chi connectivity index (χ1) is 9.89. The molecule has 0 spiro atoms. The number of piperazine rings is 2. The predicted octanol–water partition coefficient (Wildman–Crippen LogP) is -1.43. The Morgan fingerprint density at radius 3 is 2.57 bits per heavy atom. The molecule has 0 N–H and O–H groups in total. The van der Waals surface area contributed by atoms with Crippen molar-refractivity contribution in [2.45, 2.75) is 11.1 Å². The second-order valence-corrected chi connectivity index (χ2v) is 7.44. The number of carbonyl (C=O) groups is 1. The molecular weight excluding hydrogens is 294 g/mol. The van der Waals surface area contributed by atoms with Gasteiger partial charge in [0, 0.05) is 53.0 Å². The summed E-state index contributed by atoms with van der Waals surface area (Å²) in [4.78, 5) is 19.9. The van der Waals surface area contributed by atoms with Gasteiger partial charge < -0.3 is 9.47 Å². The molecule has 0 aromatic carbocycles. The third-order valence-electron chi connectivity index (χ3n) is 4.12. The zero-order chi connectivity index (χ0) is 15.2. The quantitative estimate of drug-likeness (QED) is 0.669. The summed E-state index contributed by atoms with van der Waals surface area (Å²) < 4.78 is 28.1. The Labute approximate surface area is 124 Å². The smallest absolute Gasteiger partial charge is 0.262 e. The molecule has 116 valence electrons. The summed E-state index contributed by atoms with van der Waals surface area (Å²) in [6.07, 6.45) is 2.94. The molecule has 21 heavy (non-hydrogen) atoms. The lowest BCUT2D eigenvalue weighted by Crippen LogP contribution is -2.64. The molecule has 1 aromatic heterocycles. The number of carbonyl (C=O) groups excluding carboxylic acids is 1. The van der Waals surface area contributed by atoms with Gasteiger partial charge in [-0.2, -0.15) is 4.31 Å². The molecule has 2 aliphatic rings. The molecule has 3 heterocycles. The van der Waals surface area contributed by atoms with Gasteiger partial charge in [-0.05, 0) is 0 Å². The monoisotopic (exact) mass is 313 g/mol. The molecule has 0 aliphatic carbocycles. The molecule has 1 aromatic rings. The molecule has 1 atom stereocenters. The highest BCUT2D eigenvalue weighted by Gasteiger charge is 2.41. The maximum Gasteiger partial charge on any atom is 0.262 e. The molecule has 0 unspecified atom stereocenters. The van der Waals surface area contributed by atoms with Gasteiger partial charge in [0.25, 0.3) is 10.0 Å². The van der Waals surface area contributed by atoms with Crippen LogP contribution in [0.2, 0.25) is 0 Å². The van der Waals surface area contributed by atoms with Gasteiger partial charge in [-0.1, -0.05) is 0 Å². The Balaban J connectivity index is 1.83. The molecule has 2 fully saturated rings. The highest BCUT2D eigenvalue weighted by atomic mass is 32.2. The van der Waals surface area contributed by atoms with Crippen LogP contribution in [0.15, 0.2) is 17.6 Å². The van der Waals surface area contributed by atoms with E-state index in [1.807, 2.05) is 0 Å². The standard InChI is InChI=1S/C12H19N5O3S/c1-14-8-11(13-9-14)21(19,20)17-6-5-16-4-3-15(2)12(18)10(16)7-17/h8-10H,3-7H2,1-2H3/t10-/m1/s1. The first kappa shape index (κ1) is 14.5. The zero-order valence-corrected chi connectivity index (χ0v) is 13.0. The fraction of sp³-hybridized carbons (Fsp3) is 0.667. The van der Waals surface area contributed by atoms with Gasteiger partial charge in [-0.25, -0.2) is 13.4 Å². The van der Waals surface area contributed by atoms with Gasteiger partial charge >= 0.3 is 0 Å². The Kier molecular flexibility index (Phi) is 3.50. The second-order valence-electron chi connectivity index (χ2n) is 5.55. The first-order valence-electron chi connectivity index (χ1n) is 6.87. The van der Waals surface area contributed by atoms with Crippen molar-refractivity contribution >= 4 is 15.9 Å². The van der Waals surface area contributed by atoms with Crippen molar-refractivity contribution in [1.82, 2.24) is 23.7 Å². The minimum absolute atomic E-state index is 0.0119. The number of rotatable bonds is 2. The largest absolute Gasteiger partial charge is 0.343 e. The SMILES string of the molecule is CN1CCN2CCN(S(=O)(=O)c3cn(C)cn3)C[C@@H]2C1=O. The summed E-state index contributed by atoms with van der Waals surface area (Å²) in [5.74, 6) is -0.0119. The zero-order valence-electron chi connectivity index (χ0n) is 12.1. The molecule has 3 rings (SSSR count). The van der Waals surface area contributed by atoms with E-state index in [1.54, 1.807) is 23.6 Å². The molecule has 0 radical (unpaired) electrons. The van der Waals surface area contributed by atoms with Gasteiger partial charge in [0.1, 0.15) is 6.04 Å².